The molecule has 0 saturated carbocycles. The van der Waals surface area contributed by atoms with Crippen LogP contribution in [0.4, 0.5) is 5.69 Å². The number of ether oxygens (including phenoxy) is 2. The lowest BCUT2D eigenvalue weighted by atomic mass is 10.1. The molecule has 0 N–H and O–H groups in total. The lowest BCUT2D eigenvalue weighted by molar-refractivity contribution is 0.0758. The zero-order valence-corrected chi connectivity index (χ0v) is 16.5. The van der Waals surface area contributed by atoms with Crippen molar-refractivity contribution in [2.45, 2.75) is 25.9 Å². The zero-order valence-electron chi connectivity index (χ0n) is 15.7. The van der Waals surface area contributed by atoms with Crippen LogP contribution in [0.3, 0.4) is 0 Å². The average Bonchev–Trinajstić information content (AvgIpc) is 2.68. The third kappa shape index (κ3) is 5.95. The molecule has 1 aliphatic rings. The fourth-order valence-electron chi connectivity index (χ4n) is 2.69. The maximum Gasteiger partial charge on any atom is 0.213 e. The second kappa shape index (κ2) is 10.7. The molecule has 1 saturated heterocycles. The number of rotatable bonds is 6. The molecule has 0 amide bonds. The van der Waals surface area contributed by atoms with Gasteiger partial charge < -0.3 is 14.4 Å². The van der Waals surface area contributed by atoms with Gasteiger partial charge in [-0.05, 0) is 31.4 Å². The van der Waals surface area contributed by atoms with Crippen molar-refractivity contribution in [1.29, 1.82) is 0 Å². The molecule has 140 valence electrons. The van der Waals surface area contributed by atoms with E-state index in [4.69, 9.17) is 14.5 Å². The second-order valence-electron chi connectivity index (χ2n) is 5.77. The SMILES string of the molecule is C=C/C=C(\C=C/C)OC1CCN(/C(=N/c2ccc(OC)nc2)SC)CC1. The fraction of sp³-hybridized carbons (Fsp3) is 0.400. The van der Waals surface area contributed by atoms with E-state index in [-0.39, 0.29) is 6.10 Å². The van der Waals surface area contributed by atoms with Crippen LogP contribution >= 0.6 is 11.8 Å². The molecule has 1 aliphatic heterocycles. The molecule has 0 spiro atoms. The summed E-state index contributed by atoms with van der Waals surface area (Å²) in [6, 6.07) is 3.74. The van der Waals surface area contributed by atoms with E-state index < -0.39 is 0 Å². The Morgan fingerprint density at radius 3 is 2.69 bits per heavy atom. The Labute approximate surface area is 160 Å². The lowest BCUT2D eigenvalue weighted by Crippen LogP contribution is -2.39. The summed E-state index contributed by atoms with van der Waals surface area (Å²) in [6.07, 6.45) is 13.5. The van der Waals surface area contributed by atoms with Gasteiger partial charge in [0.25, 0.3) is 0 Å². The number of aliphatic imine (C=N–C) groups is 1. The minimum atomic E-state index is 0.222. The molecular weight excluding hydrogens is 346 g/mol. The summed E-state index contributed by atoms with van der Waals surface area (Å²) in [4.78, 5) is 11.3. The average molecular weight is 374 g/mol. The predicted molar refractivity (Wildman–Crippen MR) is 110 cm³/mol. The molecule has 6 heteroatoms. The van der Waals surface area contributed by atoms with Crippen LogP contribution in [-0.4, -0.2) is 47.6 Å². The minimum absolute atomic E-state index is 0.222. The van der Waals surface area contributed by atoms with E-state index >= 15 is 0 Å². The van der Waals surface area contributed by atoms with Crippen LogP contribution in [0, 0.1) is 0 Å². The molecule has 5 nitrogen and oxygen atoms in total. The largest absolute Gasteiger partial charge is 0.490 e. The first kappa shape index (κ1) is 20.1. The van der Waals surface area contributed by atoms with Crippen molar-refractivity contribution >= 4 is 22.6 Å². The van der Waals surface area contributed by atoms with Crippen molar-refractivity contribution in [3.8, 4) is 5.88 Å². The molecule has 0 radical (unpaired) electrons. The Hall–Kier alpha value is -2.21. The van der Waals surface area contributed by atoms with Crippen molar-refractivity contribution in [3.05, 3.63) is 55.0 Å². The number of methoxy groups -OCH3 is 1. The van der Waals surface area contributed by atoms with E-state index in [0.717, 1.165) is 42.5 Å². The van der Waals surface area contributed by atoms with Gasteiger partial charge in [-0.25, -0.2) is 9.98 Å². The highest BCUT2D eigenvalue weighted by Gasteiger charge is 2.22. The van der Waals surface area contributed by atoms with Gasteiger partial charge in [0.05, 0.1) is 19.0 Å². The van der Waals surface area contributed by atoms with E-state index in [1.165, 1.54) is 0 Å². The molecule has 0 aromatic carbocycles. The summed E-state index contributed by atoms with van der Waals surface area (Å²) >= 11 is 1.65. The topological polar surface area (TPSA) is 47.0 Å². The van der Waals surface area contributed by atoms with E-state index in [2.05, 4.69) is 22.7 Å². The maximum atomic E-state index is 6.08. The van der Waals surface area contributed by atoms with Crippen molar-refractivity contribution < 1.29 is 9.47 Å². The molecule has 1 fully saturated rings. The molecule has 0 bridgehead atoms. The Morgan fingerprint density at radius 1 is 1.38 bits per heavy atom. The number of likely N-dealkylation sites (tertiary alicyclic amines) is 1. The second-order valence-corrected chi connectivity index (χ2v) is 6.54. The van der Waals surface area contributed by atoms with Crippen LogP contribution in [0.25, 0.3) is 0 Å². The number of hydrogen-bond acceptors (Lipinski definition) is 5. The Morgan fingerprint density at radius 2 is 2.15 bits per heavy atom. The molecule has 0 aliphatic carbocycles. The zero-order chi connectivity index (χ0) is 18.8. The van der Waals surface area contributed by atoms with Gasteiger partial charge in [-0.1, -0.05) is 30.5 Å². The van der Waals surface area contributed by atoms with E-state index in [9.17, 15) is 0 Å². The molecule has 1 aromatic heterocycles. The van der Waals surface area contributed by atoms with Gasteiger partial charge in [0.2, 0.25) is 5.88 Å². The molecule has 2 heterocycles. The van der Waals surface area contributed by atoms with Crippen LogP contribution in [0.5, 0.6) is 5.88 Å². The molecule has 0 unspecified atom stereocenters. The van der Waals surface area contributed by atoms with Crippen LogP contribution in [0.15, 0.2) is 60.0 Å². The highest BCUT2D eigenvalue weighted by molar-refractivity contribution is 8.13. The number of pyridine rings is 1. The van der Waals surface area contributed by atoms with Gasteiger partial charge in [-0.3, -0.25) is 0 Å². The smallest absolute Gasteiger partial charge is 0.213 e. The molecule has 0 atom stereocenters. The standard InChI is InChI=1S/C20H27N3O2S/c1-5-7-17(8-6-2)25-18-11-13-23(14-12-18)20(26-4)22-16-9-10-19(24-3)21-15-16/h5-10,15,18H,1,11-14H2,2-4H3/b8-6-,17-7+,22-20-. The Bertz CT molecular complexity index is 660. The number of amidine groups is 1. The van der Waals surface area contributed by atoms with Gasteiger partial charge >= 0.3 is 0 Å². The monoisotopic (exact) mass is 373 g/mol. The summed E-state index contributed by atoms with van der Waals surface area (Å²) in [5.41, 5.74) is 0.831. The minimum Gasteiger partial charge on any atom is -0.490 e. The number of nitrogens with zero attached hydrogens (tertiary/aromatic N) is 3. The first-order valence-corrected chi connectivity index (χ1v) is 9.92. The summed E-state index contributed by atoms with van der Waals surface area (Å²) in [5, 5.41) is 1.01. The lowest BCUT2D eigenvalue weighted by Gasteiger charge is -2.33. The number of allylic oxidation sites excluding steroid dienone is 4. The number of aromatic nitrogens is 1. The third-order valence-electron chi connectivity index (χ3n) is 3.97. The van der Waals surface area contributed by atoms with Gasteiger partial charge in [-0.2, -0.15) is 0 Å². The van der Waals surface area contributed by atoms with Gasteiger partial charge in [0, 0.05) is 32.0 Å². The quantitative estimate of drug-likeness (QED) is 0.316. The normalized spacial score (nSPS) is 16.8. The van der Waals surface area contributed by atoms with E-state index in [1.807, 2.05) is 37.3 Å². The Kier molecular flexibility index (Phi) is 8.28. The van der Waals surface area contributed by atoms with Gasteiger partial charge in [-0.15, -0.1) is 0 Å². The molecular formula is C20H27N3O2S. The van der Waals surface area contributed by atoms with Gasteiger partial charge in [0.15, 0.2) is 5.17 Å². The third-order valence-corrected chi connectivity index (χ3v) is 4.68. The van der Waals surface area contributed by atoms with Crippen LogP contribution in [0.2, 0.25) is 0 Å². The predicted octanol–water partition coefficient (Wildman–Crippen LogP) is 4.57. The highest BCUT2D eigenvalue weighted by Crippen LogP contribution is 2.23. The van der Waals surface area contributed by atoms with Crippen LogP contribution in [-0.2, 0) is 4.74 Å². The number of thioether (sulfide) groups is 1. The van der Waals surface area contributed by atoms with Crippen molar-refractivity contribution in [3.63, 3.8) is 0 Å². The fourth-order valence-corrected chi connectivity index (χ4v) is 3.32. The summed E-state index contributed by atoms with van der Waals surface area (Å²) in [6.45, 7) is 7.57. The Balaban J connectivity index is 1.96. The van der Waals surface area contributed by atoms with Crippen molar-refractivity contribution in [2.24, 2.45) is 4.99 Å². The number of hydrogen-bond donors (Lipinski definition) is 0. The van der Waals surface area contributed by atoms with Crippen molar-refractivity contribution in [1.82, 2.24) is 9.88 Å². The molecule has 2 rings (SSSR count). The van der Waals surface area contributed by atoms with Gasteiger partial charge in [0.1, 0.15) is 11.9 Å². The van der Waals surface area contributed by atoms with E-state index in [1.54, 1.807) is 31.1 Å². The van der Waals surface area contributed by atoms with Crippen molar-refractivity contribution in [2.75, 3.05) is 26.5 Å². The van der Waals surface area contributed by atoms with Crippen LogP contribution < -0.4 is 4.74 Å². The highest BCUT2D eigenvalue weighted by atomic mass is 32.2. The molecule has 1 aromatic rings. The number of piperidine rings is 1. The summed E-state index contributed by atoms with van der Waals surface area (Å²) in [7, 11) is 1.61. The molecule has 26 heavy (non-hydrogen) atoms. The van der Waals surface area contributed by atoms with E-state index in [0.29, 0.717) is 5.88 Å². The summed E-state index contributed by atoms with van der Waals surface area (Å²) < 4.78 is 11.2. The first-order chi connectivity index (χ1) is 12.7. The first-order valence-electron chi connectivity index (χ1n) is 8.70. The maximum absolute atomic E-state index is 6.08. The summed E-state index contributed by atoms with van der Waals surface area (Å²) in [5.74, 6) is 1.46. The van der Waals surface area contributed by atoms with Crippen LogP contribution in [0.1, 0.15) is 19.8 Å².